The molecule has 5 heteroatoms. The van der Waals surface area contributed by atoms with Crippen molar-refractivity contribution in [1.82, 2.24) is 10.1 Å². The minimum Gasteiger partial charge on any atom is -0.370 e. The molecule has 0 bridgehead atoms. The highest BCUT2D eigenvalue weighted by atomic mass is 16.5. The van der Waals surface area contributed by atoms with E-state index in [-0.39, 0.29) is 18.1 Å². The van der Waals surface area contributed by atoms with Crippen molar-refractivity contribution < 1.29 is 9.26 Å². The Bertz CT molecular complexity index is 398. The summed E-state index contributed by atoms with van der Waals surface area (Å²) in [4.78, 5) is 4.58. The van der Waals surface area contributed by atoms with Crippen molar-refractivity contribution in [3.05, 3.63) is 11.7 Å². The molecule has 1 heterocycles. The predicted octanol–water partition coefficient (Wildman–Crippen LogP) is 2.54. The lowest BCUT2D eigenvalue weighted by molar-refractivity contribution is 0.0384. The summed E-state index contributed by atoms with van der Waals surface area (Å²) in [5, 5.41) is 4.14. The van der Waals surface area contributed by atoms with Gasteiger partial charge in [-0.3, -0.25) is 0 Å². The van der Waals surface area contributed by atoms with Crippen molar-refractivity contribution in [2.24, 2.45) is 11.7 Å². The Hall–Kier alpha value is -0.940. The number of ether oxygens (including phenoxy) is 1. The smallest absolute Gasteiger partial charge is 0.231 e. The van der Waals surface area contributed by atoms with Gasteiger partial charge in [-0.1, -0.05) is 18.0 Å². The van der Waals surface area contributed by atoms with Crippen molar-refractivity contribution in [3.8, 4) is 0 Å². The second-order valence-electron chi connectivity index (χ2n) is 5.76. The summed E-state index contributed by atoms with van der Waals surface area (Å²) < 4.78 is 11.2. The van der Waals surface area contributed by atoms with E-state index in [9.17, 15) is 0 Å². The van der Waals surface area contributed by atoms with Crippen LogP contribution in [0.2, 0.25) is 0 Å². The number of nitrogens with zero attached hydrogens (tertiary/aromatic N) is 2. The van der Waals surface area contributed by atoms with Crippen molar-refractivity contribution in [3.63, 3.8) is 0 Å². The molecule has 3 atom stereocenters. The van der Waals surface area contributed by atoms with Gasteiger partial charge in [0.1, 0.15) is 6.10 Å². The lowest BCUT2D eigenvalue weighted by Crippen LogP contribution is -2.31. The molecule has 1 aromatic rings. The number of aromatic nitrogens is 2. The first-order chi connectivity index (χ1) is 9.29. The molecule has 0 aromatic carbocycles. The van der Waals surface area contributed by atoms with Crippen LogP contribution in [0.4, 0.5) is 0 Å². The van der Waals surface area contributed by atoms with Gasteiger partial charge in [0.05, 0.1) is 5.92 Å². The SMILES string of the molecule is CCOC(c1noc(C2CCCCC2N)n1)C1CC1. The molecule has 2 aliphatic carbocycles. The molecule has 2 aliphatic rings. The monoisotopic (exact) mass is 265 g/mol. The van der Waals surface area contributed by atoms with E-state index in [0.29, 0.717) is 18.4 Å². The van der Waals surface area contributed by atoms with E-state index in [1.165, 1.54) is 25.7 Å². The zero-order valence-corrected chi connectivity index (χ0v) is 11.5. The molecule has 0 amide bonds. The van der Waals surface area contributed by atoms with Gasteiger partial charge in [0.2, 0.25) is 11.7 Å². The topological polar surface area (TPSA) is 74.2 Å². The molecule has 0 saturated heterocycles. The zero-order chi connectivity index (χ0) is 13.2. The Balaban J connectivity index is 1.74. The van der Waals surface area contributed by atoms with Gasteiger partial charge in [-0.15, -0.1) is 0 Å². The molecule has 2 fully saturated rings. The normalized spacial score (nSPS) is 29.4. The fourth-order valence-corrected chi connectivity index (χ4v) is 2.98. The molecule has 1 aromatic heterocycles. The van der Waals surface area contributed by atoms with E-state index >= 15 is 0 Å². The van der Waals surface area contributed by atoms with Crippen LogP contribution in [0.5, 0.6) is 0 Å². The first kappa shape index (κ1) is 13.1. The molecule has 19 heavy (non-hydrogen) atoms. The summed E-state index contributed by atoms with van der Waals surface area (Å²) in [6, 6.07) is 0.161. The summed E-state index contributed by atoms with van der Waals surface area (Å²) in [6.07, 6.45) is 6.96. The van der Waals surface area contributed by atoms with Gasteiger partial charge in [-0.2, -0.15) is 4.98 Å². The zero-order valence-electron chi connectivity index (χ0n) is 11.5. The molecule has 2 saturated carbocycles. The van der Waals surface area contributed by atoms with Crippen LogP contribution in [0.15, 0.2) is 4.52 Å². The molecular formula is C14H23N3O2. The summed E-state index contributed by atoms with van der Waals surface area (Å²) in [5.74, 6) is 2.24. The number of hydrogen-bond donors (Lipinski definition) is 1. The fourth-order valence-electron chi connectivity index (χ4n) is 2.98. The Kier molecular flexibility index (Phi) is 3.84. The minimum absolute atomic E-state index is 0.0160. The third-order valence-corrected chi connectivity index (χ3v) is 4.24. The van der Waals surface area contributed by atoms with Crippen LogP contribution in [0.3, 0.4) is 0 Å². The lowest BCUT2D eigenvalue weighted by atomic mass is 9.85. The van der Waals surface area contributed by atoms with E-state index in [1.807, 2.05) is 6.92 Å². The molecule has 5 nitrogen and oxygen atoms in total. The molecule has 2 N–H and O–H groups in total. The van der Waals surface area contributed by atoms with Gasteiger partial charge in [0.25, 0.3) is 0 Å². The van der Waals surface area contributed by atoms with Crippen LogP contribution in [-0.4, -0.2) is 22.8 Å². The van der Waals surface area contributed by atoms with Gasteiger partial charge in [-0.05, 0) is 38.5 Å². The third-order valence-electron chi connectivity index (χ3n) is 4.24. The maximum Gasteiger partial charge on any atom is 0.231 e. The van der Waals surface area contributed by atoms with E-state index in [1.54, 1.807) is 0 Å². The van der Waals surface area contributed by atoms with Gasteiger partial charge in [0, 0.05) is 12.6 Å². The van der Waals surface area contributed by atoms with Crippen molar-refractivity contribution in [2.45, 2.75) is 63.5 Å². The maximum absolute atomic E-state index is 6.17. The molecule has 3 unspecified atom stereocenters. The number of nitrogens with two attached hydrogens (primary N) is 1. The summed E-state index contributed by atoms with van der Waals surface area (Å²) in [6.45, 7) is 2.70. The second kappa shape index (κ2) is 5.59. The Morgan fingerprint density at radius 1 is 1.32 bits per heavy atom. The predicted molar refractivity (Wildman–Crippen MR) is 70.6 cm³/mol. The van der Waals surface area contributed by atoms with E-state index in [0.717, 1.165) is 18.7 Å². The van der Waals surface area contributed by atoms with Gasteiger partial charge in [-0.25, -0.2) is 0 Å². The minimum atomic E-state index is 0.0160. The third kappa shape index (κ3) is 2.82. The van der Waals surface area contributed by atoms with Crippen molar-refractivity contribution in [2.75, 3.05) is 6.61 Å². The number of rotatable bonds is 5. The molecule has 3 rings (SSSR count). The van der Waals surface area contributed by atoms with Crippen LogP contribution in [0.25, 0.3) is 0 Å². The molecular weight excluding hydrogens is 242 g/mol. The van der Waals surface area contributed by atoms with Crippen molar-refractivity contribution >= 4 is 0 Å². The highest BCUT2D eigenvalue weighted by molar-refractivity contribution is 5.04. The average Bonchev–Trinajstić information content (AvgIpc) is 3.14. The standard InChI is InChI=1S/C14H23N3O2/c1-2-18-12(9-7-8-9)13-16-14(19-17-13)10-5-3-4-6-11(10)15/h9-12H,2-8,15H2,1H3. The second-order valence-corrected chi connectivity index (χ2v) is 5.76. The maximum atomic E-state index is 6.17. The van der Waals surface area contributed by atoms with E-state index < -0.39 is 0 Å². The fraction of sp³-hybridized carbons (Fsp3) is 0.857. The largest absolute Gasteiger partial charge is 0.370 e. The van der Waals surface area contributed by atoms with Gasteiger partial charge >= 0.3 is 0 Å². The first-order valence-corrected chi connectivity index (χ1v) is 7.50. The van der Waals surface area contributed by atoms with Gasteiger partial charge in [0.15, 0.2) is 0 Å². The molecule has 0 spiro atoms. The highest BCUT2D eigenvalue weighted by Crippen LogP contribution is 2.42. The quantitative estimate of drug-likeness (QED) is 0.885. The lowest BCUT2D eigenvalue weighted by Gasteiger charge is -2.25. The molecule has 0 radical (unpaired) electrons. The summed E-state index contributed by atoms with van der Waals surface area (Å²) in [5.41, 5.74) is 6.17. The van der Waals surface area contributed by atoms with E-state index in [4.69, 9.17) is 15.0 Å². The Morgan fingerprint density at radius 3 is 2.79 bits per heavy atom. The van der Waals surface area contributed by atoms with Crippen LogP contribution >= 0.6 is 0 Å². The van der Waals surface area contributed by atoms with Crippen molar-refractivity contribution in [1.29, 1.82) is 0 Å². The van der Waals surface area contributed by atoms with Gasteiger partial charge < -0.3 is 15.0 Å². The van der Waals surface area contributed by atoms with Crippen LogP contribution in [0.1, 0.15) is 69.2 Å². The van der Waals surface area contributed by atoms with Crippen LogP contribution < -0.4 is 5.73 Å². The van der Waals surface area contributed by atoms with Crippen LogP contribution in [-0.2, 0) is 4.74 Å². The Labute approximate surface area is 113 Å². The summed E-state index contributed by atoms with van der Waals surface area (Å²) in [7, 11) is 0. The first-order valence-electron chi connectivity index (χ1n) is 7.50. The Morgan fingerprint density at radius 2 is 2.11 bits per heavy atom. The summed E-state index contributed by atoms with van der Waals surface area (Å²) >= 11 is 0. The van der Waals surface area contributed by atoms with Crippen LogP contribution in [0, 0.1) is 5.92 Å². The average molecular weight is 265 g/mol. The number of hydrogen-bond acceptors (Lipinski definition) is 5. The highest BCUT2D eigenvalue weighted by Gasteiger charge is 2.37. The van der Waals surface area contributed by atoms with E-state index in [2.05, 4.69) is 10.1 Å². The molecule has 0 aliphatic heterocycles. The molecule has 106 valence electrons.